The van der Waals surface area contributed by atoms with Gasteiger partial charge in [-0.3, -0.25) is 9.80 Å². The second kappa shape index (κ2) is 9.12. The van der Waals surface area contributed by atoms with Gasteiger partial charge >= 0.3 is 0 Å². The second-order valence-electron chi connectivity index (χ2n) is 7.40. The molecule has 150 valence electrons. The Balaban J connectivity index is 1.65. The molecule has 1 aliphatic heterocycles. The molecule has 1 aliphatic rings. The minimum absolute atomic E-state index is 0.190. The van der Waals surface area contributed by atoms with Gasteiger partial charge in [0.15, 0.2) is 11.5 Å². The van der Waals surface area contributed by atoms with Gasteiger partial charge in [-0.25, -0.2) is 0 Å². The summed E-state index contributed by atoms with van der Waals surface area (Å²) in [4.78, 5) is 5.08. The average Bonchev–Trinajstić information content (AvgIpc) is 3.16. The van der Waals surface area contributed by atoms with E-state index < -0.39 is 0 Å². The van der Waals surface area contributed by atoms with Crippen molar-refractivity contribution in [1.82, 2.24) is 9.80 Å². The summed E-state index contributed by atoms with van der Waals surface area (Å²) in [6.07, 6.45) is 0.190. The van der Waals surface area contributed by atoms with Gasteiger partial charge in [0.1, 0.15) is 0 Å². The van der Waals surface area contributed by atoms with E-state index in [9.17, 15) is 0 Å². The lowest BCUT2D eigenvalue weighted by atomic mass is 10.1. The van der Waals surface area contributed by atoms with Gasteiger partial charge < -0.3 is 9.47 Å². The first-order chi connectivity index (χ1) is 14.3. The molecule has 0 aliphatic carbocycles. The van der Waals surface area contributed by atoms with E-state index in [1.165, 1.54) is 16.7 Å². The Hall–Kier alpha value is -2.82. The first-order valence-corrected chi connectivity index (χ1v) is 10.1. The van der Waals surface area contributed by atoms with Gasteiger partial charge in [0.25, 0.3) is 0 Å². The van der Waals surface area contributed by atoms with E-state index in [4.69, 9.17) is 9.47 Å². The van der Waals surface area contributed by atoms with Crippen LogP contribution in [0.5, 0.6) is 11.5 Å². The highest BCUT2D eigenvalue weighted by atomic mass is 16.5. The van der Waals surface area contributed by atoms with Crippen LogP contribution in [0.4, 0.5) is 0 Å². The number of nitrogens with zero attached hydrogens (tertiary/aromatic N) is 2. The van der Waals surface area contributed by atoms with Crippen LogP contribution in [0.2, 0.25) is 0 Å². The predicted molar refractivity (Wildman–Crippen MR) is 116 cm³/mol. The van der Waals surface area contributed by atoms with Gasteiger partial charge in [-0.05, 0) is 28.8 Å². The van der Waals surface area contributed by atoms with Gasteiger partial charge in [-0.2, -0.15) is 0 Å². The van der Waals surface area contributed by atoms with E-state index in [0.29, 0.717) is 0 Å². The maximum atomic E-state index is 5.58. The van der Waals surface area contributed by atoms with Crippen LogP contribution in [0.3, 0.4) is 0 Å². The third-order valence-electron chi connectivity index (χ3n) is 5.53. The summed E-state index contributed by atoms with van der Waals surface area (Å²) in [5.74, 6) is 1.54. The van der Waals surface area contributed by atoms with Crippen molar-refractivity contribution in [3.63, 3.8) is 0 Å². The Labute approximate surface area is 173 Å². The maximum absolute atomic E-state index is 5.58. The molecule has 0 bridgehead atoms. The SMILES string of the molecule is COc1ccc(C2N(Cc3ccccc3)CCN2Cc2ccccc2)cc1OC. The van der Waals surface area contributed by atoms with Crippen molar-refractivity contribution >= 4 is 0 Å². The quantitative estimate of drug-likeness (QED) is 0.585. The molecule has 0 saturated carbocycles. The van der Waals surface area contributed by atoms with Crippen molar-refractivity contribution in [3.05, 3.63) is 95.6 Å². The van der Waals surface area contributed by atoms with Crippen LogP contribution < -0.4 is 9.47 Å². The molecule has 0 amide bonds. The standard InChI is InChI=1S/C25H28N2O2/c1-28-23-14-13-22(17-24(23)29-2)25-26(18-20-9-5-3-6-10-20)15-16-27(25)19-21-11-7-4-8-12-21/h3-14,17,25H,15-16,18-19H2,1-2H3. The number of rotatable bonds is 7. The Kier molecular flexibility index (Phi) is 6.13. The molecule has 1 heterocycles. The van der Waals surface area contributed by atoms with E-state index in [2.05, 4.69) is 82.6 Å². The Morgan fingerprint density at radius 2 is 1.21 bits per heavy atom. The lowest BCUT2D eigenvalue weighted by molar-refractivity contribution is 0.125. The molecule has 4 nitrogen and oxygen atoms in total. The van der Waals surface area contributed by atoms with Crippen LogP contribution in [-0.2, 0) is 13.1 Å². The fourth-order valence-electron chi connectivity index (χ4n) is 4.13. The highest BCUT2D eigenvalue weighted by Crippen LogP contribution is 2.37. The monoisotopic (exact) mass is 388 g/mol. The molecule has 0 unspecified atom stereocenters. The van der Waals surface area contributed by atoms with Crippen molar-refractivity contribution in [2.45, 2.75) is 19.3 Å². The van der Waals surface area contributed by atoms with Gasteiger partial charge in [-0.1, -0.05) is 66.7 Å². The number of ether oxygens (including phenoxy) is 2. The van der Waals surface area contributed by atoms with Gasteiger partial charge in [-0.15, -0.1) is 0 Å². The van der Waals surface area contributed by atoms with Crippen molar-refractivity contribution in [3.8, 4) is 11.5 Å². The summed E-state index contributed by atoms with van der Waals surface area (Å²) in [7, 11) is 3.37. The molecule has 29 heavy (non-hydrogen) atoms. The molecule has 0 atom stereocenters. The number of hydrogen-bond acceptors (Lipinski definition) is 4. The lowest BCUT2D eigenvalue weighted by Gasteiger charge is -2.31. The summed E-state index contributed by atoms with van der Waals surface area (Å²) in [5.41, 5.74) is 3.89. The minimum atomic E-state index is 0.190. The normalized spacial score (nSPS) is 15.5. The van der Waals surface area contributed by atoms with Crippen LogP contribution in [0.15, 0.2) is 78.9 Å². The third-order valence-corrected chi connectivity index (χ3v) is 5.53. The molecular formula is C25H28N2O2. The molecule has 0 radical (unpaired) electrons. The van der Waals surface area contributed by atoms with Crippen LogP contribution in [0.25, 0.3) is 0 Å². The molecule has 0 spiro atoms. The molecule has 0 N–H and O–H groups in total. The molecule has 1 saturated heterocycles. The summed E-state index contributed by atoms with van der Waals surface area (Å²) in [6, 6.07) is 27.7. The van der Waals surface area contributed by atoms with E-state index in [1.54, 1.807) is 14.2 Å². The molecular weight excluding hydrogens is 360 g/mol. The van der Waals surface area contributed by atoms with E-state index in [1.807, 2.05) is 6.07 Å². The summed E-state index contributed by atoms with van der Waals surface area (Å²) in [6.45, 7) is 3.90. The molecule has 3 aromatic rings. The number of hydrogen-bond donors (Lipinski definition) is 0. The summed E-state index contributed by atoms with van der Waals surface area (Å²) in [5, 5.41) is 0. The van der Waals surface area contributed by atoms with E-state index in [-0.39, 0.29) is 6.17 Å². The Morgan fingerprint density at radius 3 is 1.69 bits per heavy atom. The zero-order valence-electron chi connectivity index (χ0n) is 17.1. The Bertz CT molecular complexity index is 865. The van der Waals surface area contributed by atoms with Crippen LogP contribution in [-0.4, -0.2) is 37.1 Å². The van der Waals surface area contributed by atoms with Gasteiger partial charge in [0.05, 0.1) is 20.4 Å². The van der Waals surface area contributed by atoms with Crippen molar-refractivity contribution < 1.29 is 9.47 Å². The molecule has 4 rings (SSSR count). The fourth-order valence-corrected chi connectivity index (χ4v) is 4.13. The van der Waals surface area contributed by atoms with Gasteiger partial charge in [0.2, 0.25) is 0 Å². The zero-order valence-corrected chi connectivity index (χ0v) is 17.1. The first-order valence-electron chi connectivity index (χ1n) is 10.1. The first kappa shape index (κ1) is 19.5. The van der Waals surface area contributed by atoms with Crippen molar-refractivity contribution in [2.24, 2.45) is 0 Å². The van der Waals surface area contributed by atoms with Crippen LogP contribution in [0, 0.1) is 0 Å². The Morgan fingerprint density at radius 1 is 0.690 bits per heavy atom. The number of methoxy groups -OCH3 is 2. The average molecular weight is 389 g/mol. The highest BCUT2D eigenvalue weighted by molar-refractivity contribution is 5.44. The minimum Gasteiger partial charge on any atom is -0.493 e. The van der Waals surface area contributed by atoms with E-state index in [0.717, 1.165) is 37.7 Å². The summed E-state index contributed by atoms with van der Waals surface area (Å²) >= 11 is 0. The van der Waals surface area contributed by atoms with E-state index >= 15 is 0 Å². The van der Waals surface area contributed by atoms with Gasteiger partial charge in [0, 0.05) is 26.2 Å². The molecule has 0 aromatic heterocycles. The van der Waals surface area contributed by atoms with Crippen LogP contribution >= 0.6 is 0 Å². The van der Waals surface area contributed by atoms with Crippen molar-refractivity contribution in [1.29, 1.82) is 0 Å². The van der Waals surface area contributed by atoms with Crippen molar-refractivity contribution in [2.75, 3.05) is 27.3 Å². The lowest BCUT2D eigenvalue weighted by Crippen LogP contribution is -2.30. The largest absolute Gasteiger partial charge is 0.493 e. The maximum Gasteiger partial charge on any atom is 0.161 e. The molecule has 4 heteroatoms. The smallest absolute Gasteiger partial charge is 0.161 e. The third kappa shape index (κ3) is 4.44. The highest BCUT2D eigenvalue weighted by Gasteiger charge is 2.33. The topological polar surface area (TPSA) is 24.9 Å². The fraction of sp³-hybridized carbons (Fsp3) is 0.280. The summed E-state index contributed by atoms with van der Waals surface area (Å²) < 4.78 is 11.0. The zero-order chi connectivity index (χ0) is 20.1. The second-order valence-corrected chi connectivity index (χ2v) is 7.40. The van der Waals surface area contributed by atoms with Crippen LogP contribution in [0.1, 0.15) is 22.9 Å². The number of benzene rings is 3. The molecule has 1 fully saturated rings. The predicted octanol–water partition coefficient (Wildman–Crippen LogP) is 4.72. The molecule has 3 aromatic carbocycles.